The zero-order valence-corrected chi connectivity index (χ0v) is 11.5. The fourth-order valence-corrected chi connectivity index (χ4v) is 2.74. The molecule has 1 saturated heterocycles. The third kappa shape index (κ3) is 2.33. The lowest BCUT2D eigenvalue weighted by Crippen LogP contribution is -2.33. The second-order valence-corrected chi connectivity index (χ2v) is 5.52. The van der Waals surface area contributed by atoms with E-state index in [1.54, 1.807) is 6.07 Å². The van der Waals surface area contributed by atoms with Crippen LogP contribution in [0.1, 0.15) is 30.1 Å². The lowest BCUT2D eigenvalue weighted by atomic mass is 9.99. The van der Waals surface area contributed by atoms with E-state index in [4.69, 9.17) is 0 Å². The van der Waals surface area contributed by atoms with Crippen molar-refractivity contribution in [2.75, 3.05) is 18.0 Å². The van der Waals surface area contributed by atoms with E-state index in [1.807, 2.05) is 24.3 Å². The van der Waals surface area contributed by atoms with Crippen LogP contribution >= 0.6 is 0 Å². The first-order valence-corrected chi connectivity index (χ1v) is 7.03. The summed E-state index contributed by atoms with van der Waals surface area (Å²) in [6.45, 7) is 4.16. The molecular formula is C16H18N2O2. The van der Waals surface area contributed by atoms with Gasteiger partial charge in [0.15, 0.2) is 0 Å². The van der Waals surface area contributed by atoms with Crippen LogP contribution in [-0.4, -0.2) is 29.1 Å². The SMILES string of the molecule is CC1CCN(c2cc(C(=O)O)c3ccccc3n2)CC1. The quantitative estimate of drug-likeness (QED) is 0.910. The molecule has 1 aliphatic heterocycles. The number of anilines is 1. The maximum absolute atomic E-state index is 11.5. The Hall–Kier alpha value is -2.10. The van der Waals surface area contributed by atoms with Crippen LogP contribution in [0.5, 0.6) is 0 Å². The summed E-state index contributed by atoms with van der Waals surface area (Å²) in [7, 11) is 0. The fraction of sp³-hybridized carbons (Fsp3) is 0.375. The highest BCUT2D eigenvalue weighted by molar-refractivity contribution is 6.03. The average Bonchev–Trinajstić information content (AvgIpc) is 2.46. The first kappa shape index (κ1) is 12.9. The Kier molecular flexibility index (Phi) is 3.30. The molecule has 20 heavy (non-hydrogen) atoms. The number of nitrogens with zero attached hydrogens (tertiary/aromatic N) is 2. The number of aromatic nitrogens is 1. The molecule has 1 aromatic carbocycles. The molecular weight excluding hydrogens is 252 g/mol. The highest BCUT2D eigenvalue weighted by Crippen LogP contribution is 2.26. The van der Waals surface area contributed by atoms with Gasteiger partial charge in [0.1, 0.15) is 5.82 Å². The van der Waals surface area contributed by atoms with Crippen molar-refractivity contribution >= 4 is 22.7 Å². The van der Waals surface area contributed by atoms with Crippen LogP contribution in [0.2, 0.25) is 0 Å². The molecule has 0 radical (unpaired) electrons. The zero-order chi connectivity index (χ0) is 14.1. The van der Waals surface area contributed by atoms with Crippen LogP contribution in [0.4, 0.5) is 5.82 Å². The number of rotatable bonds is 2. The Balaban J connectivity index is 2.06. The van der Waals surface area contributed by atoms with Gasteiger partial charge in [-0.2, -0.15) is 0 Å². The summed E-state index contributed by atoms with van der Waals surface area (Å²) in [5.41, 5.74) is 1.09. The number of para-hydroxylation sites is 1. The number of piperidine rings is 1. The van der Waals surface area contributed by atoms with E-state index >= 15 is 0 Å². The number of carbonyl (C=O) groups is 1. The van der Waals surface area contributed by atoms with Crippen molar-refractivity contribution in [3.8, 4) is 0 Å². The van der Waals surface area contributed by atoms with Crippen LogP contribution in [0, 0.1) is 5.92 Å². The summed E-state index contributed by atoms with van der Waals surface area (Å²) in [5.74, 6) is 0.633. The number of pyridine rings is 1. The maximum Gasteiger partial charge on any atom is 0.336 e. The molecule has 0 spiro atoms. The Morgan fingerprint density at radius 3 is 2.70 bits per heavy atom. The second-order valence-electron chi connectivity index (χ2n) is 5.52. The van der Waals surface area contributed by atoms with Gasteiger partial charge in [-0.3, -0.25) is 0 Å². The van der Waals surface area contributed by atoms with E-state index in [0.717, 1.165) is 43.2 Å². The Morgan fingerprint density at radius 2 is 2.00 bits per heavy atom. The third-order valence-electron chi connectivity index (χ3n) is 4.04. The molecule has 0 saturated carbocycles. The van der Waals surface area contributed by atoms with Gasteiger partial charge in [-0.15, -0.1) is 0 Å². The van der Waals surface area contributed by atoms with E-state index in [0.29, 0.717) is 10.9 Å². The average molecular weight is 270 g/mol. The van der Waals surface area contributed by atoms with Crippen molar-refractivity contribution < 1.29 is 9.90 Å². The van der Waals surface area contributed by atoms with Gasteiger partial charge >= 0.3 is 5.97 Å². The highest BCUT2D eigenvalue weighted by atomic mass is 16.4. The molecule has 4 nitrogen and oxygen atoms in total. The van der Waals surface area contributed by atoms with Crippen molar-refractivity contribution in [2.45, 2.75) is 19.8 Å². The van der Waals surface area contributed by atoms with Gasteiger partial charge in [0.2, 0.25) is 0 Å². The van der Waals surface area contributed by atoms with E-state index in [-0.39, 0.29) is 0 Å². The number of carboxylic acid groups (broad SMARTS) is 1. The van der Waals surface area contributed by atoms with Crippen molar-refractivity contribution in [1.29, 1.82) is 0 Å². The summed E-state index contributed by atoms with van der Waals surface area (Å²) in [6.07, 6.45) is 2.27. The predicted molar refractivity (Wildman–Crippen MR) is 79.3 cm³/mol. The van der Waals surface area contributed by atoms with E-state index in [1.165, 1.54) is 0 Å². The summed E-state index contributed by atoms with van der Waals surface area (Å²) < 4.78 is 0. The maximum atomic E-state index is 11.5. The molecule has 1 fully saturated rings. The van der Waals surface area contributed by atoms with Crippen LogP contribution in [0.25, 0.3) is 10.9 Å². The number of benzene rings is 1. The van der Waals surface area contributed by atoms with Gasteiger partial charge in [0.05, 0.1) is 11.1 Å². The second kappa shape index (κ2) is 5.12. The summed E-state index contributed by atoms with van der Waals surface area (Å²) >= 11 is 0. The molecule has 2 aromatic rings. The number of aromatic carboxylic acids is 1. The Labute approximate surface area is 118 Å². The topological polar surface area (TPSA) is 53.4 Å². The molecule has 0 unspecified atom stereocenters. The Morgan fingerprint density at radius 1 is 1.30 bits per heavy atom. The lowest BCUT2D eigenvalue weighted by Gasteiger charge is -2.31. The number of hydrogen-bond acceptors (Lipinski definition) is 3. The predicted octanol–water partition coefficient (Wildman–Crippen LogP) is 3.17. The van der Waals surface area contributed by atoms with Gasteiger partial charge in [-0.25, -0.2) is 9.78 Å². The van der Waals surface area contributed by atoms with Crippen LogP contribution < -0.4 is 4.90 Å². The summed E-state index contributed by atoms with van der Waals surface area (Å²) in [5, 5.41) is 10.1. The van der Waals surface area contributed by atoms with Crippen LogP contribution in [0.3, 0.4) is 0 Å². The highest BCUT2D eigenvalue weighted by Gasteiger charge is 2.19. The minimum atomic E-state index is -0.893. The molecule has 0 atom stereocenters. The molecule has 4 heteroatoms. The monoisotopic (exact) mass is 270 g/mol. The molecule has 0 bridgehead atoms. The molecule has 104 valence electrons. The van der Waals surface area contributed by atoms with Crippen molar-refractivity contribution in [3.05, 3.63) is 35.9 Å². The number of fused-ring (bicyclic) bond motifs is 1. The smallest absolute Gasteiger partial charge is 0.336 e. The zero-order valence-electron chi connectivity index (χ0n) is 11.5. The fourth-order valence-electron chi connectivity index (χ4n) is 2.74. The van der Waals surface area contributed by atoms with Gasteiger partial charge in [0.25, 0.3) is 0 Å². The normalized spacial score (nSPS) is 16.6. The van der Waals surface area contributed by atoms with E-state index in [9.17, 15) is 9.90 Å². The summed E-state index contributed by atoms with van der Waals surface area (Å²) in [4.78, 5) is 18.3. The standard InChI is InChI=1S/C16H18N2O2/c1-11-6-8-18(9-7-11)15-10-13(16(19)20)12-4-2-3-5-14(12)17-15/h2-5,10-11H,6-9H2,1H3,(H,19,20). The minimum absolute atomic E-state index is 0.337. The van der Waals surface area contributed by atoms with Gasteiger partial charge in [0, 0.05) is 18.5 Å². The number of carboxylic acids is 1. The van der Waals surface area contributed by atoms with Crippen molar-refractivity contribution in [3.63, 3.8) is 0 Å². The van der Waals surface area contributed by atoms with Crippen LogP contribution in [-0.2, 0) is 0 Å². The minimum Gasteiger partial charge on any atom is -0.478 e. The van der Waals surface area contributed by atoms with Crippen molar-refractivity contribution in [2.24, 2.45) is 5.92 Å². The van der Waals surface area contributed by atoms with Gasteiger partial charge < -0.3 is 10.0 Å². The molecule has 0 amide bonds. The lowest BCUT2D eigenvalue weighted by molar-refractivity contribution is 0.0699. The van der Waals surface area contributed by atoms with Gasteiger partial charge in [-0.05, 0) is 30.9 Å². The molecule has 1 N–H and O–H groups in total. The van der Waals surface area contributed by atoms with Crippen molar-refractivity contribution in [1.82, 2.24) is 4.98 Å². The molecule has 0 aliphatic carbocycles. The third-order valence-corrected chi connectivity index (χ3v) is 4.04. The molecule has 3 rings (SSSR count). The first-order chi connectivity index (χ1) is 9.65. The van der Waals surface area contributed by atoms with E-state index < -0.39 is 5.97 Å². The van der Waals surface area contributed by atoms with Crippen LogP contribution in [0.15, 0.2) is 30.3 Å². The molecule has 2 heterocycles. The van der Waals surface area contributed by atoms with E-state index in [2.05, 4.69) is 16.8 Å². The molecule has 1 aliphatic rings. The van der Waals surface area contributed by atoms with Gasteiger partial charge in [-0.1, -0.05) is 25.1 Å². The first-order valence-electron chi connectivity index (χ1n) is 7.03. The number of hydrogen-bond donors (Lipinski definition) is 1. The largest absolute Gasteiger partial charge is 0.478 e. The summed E-state index contributed by atoms with van der Waals surface area (Å²) in [6, 6.07) is 9.13. The Bertz CT molecular complexity index is 646. The molecule has 1 aromatic heterocycles.